The minimum absolute atomic E-state index is 0.535. The third-order valence-electron chi connectivity index (χ3n) is 1.98. The fourth-order valence-electron chi connectivity index (χ4n) is 1.25. The zero-order valence-corrected chi connectivity index (χ0v) is 7.33. The topological polar surface area (TPSA) is 63.3 Å². The zero-order chi connectivity index (χ0) is 9.10. The van der Waals surface area contributed by atoms with Gasteiger partial charge in [-0.3, -0.25) is 9.98 Å². The Morgan fingerprint density at radius 2 is 2.38 bits per heavy atom. The molecule has 0 amide bonds. The maximum absolute atomic E-state index is 5.47. The van der Waals surface area contributed by atoms with Gasteiger partial charge in [-0.05, 0) is 11.6 Å². The third-order valence-corrected chi connectivity index (χ3v) is 1.98. The largest absolute Gasteiger partial charge is 0.367 e. The van der Waals surface area contributed by atoms with Crippen molar-refractivity contribution < 1.29 is 0 Å². The van der Waals surface area contributed by atoms with Crippen molar-refractivity contribution in [3.8, 4) is 0 Å². The predicted molar refractivity (Wildman–Crippen MR) is 51.5 cm³/mol. The van der Waals surface area contributed by atoms with E-state index in [0.717, 1.165) is 30.2 Å². The summed E-state index contributed by atoms with van der Waals surface area (Å²) in [5.74, 6) is 0.892. The Morgan fingerprint density at radius 3 is 2.92 bits per heavy atom. The molecule has 1 aliphatic rings. The van der Waals surface area contributed by atoms with E-state index in [1.807, 2.05) is 12.1 Å². The number of aromatic nitrogens is 1. The van der Waals surface area contributed by atoms with Gasteiger partial charge in [-0.1, -0.05) is 6.07 Å². The lowest BCUT2D eigenvalue weighted by Crippen LogP contribution is -2.20. The van der Waals surface area contributed by atoms with Crippen LogP contribution in [0.4, 0.5) is 0 Å². The van der Waals surface area contributed by atoms with Crippen molar-refractivity contribution in [1.82, 2.24) is 10.3 Å². The van der Waals surface area contributed by atoms with Crippen LogP contribution >= 0.6 is 0 Å². The Bertz CT molecular complexity index is 315. The number of aliphatic imine (C=N–C) groups is 1. The SMILES string of the molecule is NCc1ccc(C2=NCCN2)nc1. The molecule has 0 saturated carbocycles. The highest BCUT2D eigenvalue weighted by atomic mass is 15.1. The van der Waals surface area contributed by atoms with Crippen LogP contribution in [0.25, 0.3) is 0 Å². The van der Waals surface area contributed by atoms with E-state index in [2.05, 4.69) is 15.3 Å². The van der Waals surface area contributed by atoms with Crippen LogP contribution in [0.15, 0.2) is 23.3 Å². The summed E-state index contributed by atoms with van der Waals surface area (Å²) in [4.78, 5) is 8.53. The molecule has 0 fully saturated rings. The van der Waals surface area contributed by atoms with Crippen molar-refractivity contribution in [2.75, 3.05) is 13.1 Å². The summed E-state index contributed by atoms with van der Waals surface area (Å²) in [6.07, 6.45) is 1.79. The molecule has 1 aromatic heterocycles. The molecular formula is C9H12N4. The van der Waals surface area contributed by atoms with E-state index >= 15 is 0 Å². The summed E-state index contributed by atoms with van der Waals surface area (Å²) < 4.78 is 0. The van der Waals surface area contributed by atoms with Gasteiger partial charge in [-0.2, -0.15) is 0 Å². The minimum Gasteiger partial charge on any atom is -0.367 e. The van der Waals surface area contributed by atoms with E-state index in [4.69, 9.17) is 5.73 Å². The van der Waals surface area contributed by atoms with Gasteiger partial charge in [0, 0.05) is 19.3 Å². The molecule has 0 aliphatic carbocycles. The van der Waals surface area contributed by atoms with Gasteiger partial charge in [0.25, 0.3) is 0 Å². The van der Waals surface area contributed by atoms with Gasteiger partial charge in [0.15, 0.2) is 0 Å². The lowest BCUT2D eigenvalue weighted by Gasteiger charge is -2.01. The average Bonchev–Trinajstić information content (AvgIpc) is 2.71. The predicted octanol–water partition coefficient (Wildman–Crippen LogP) is -0.110. The standard InChI is InChI=1S/C9H12N4/c10-5-7-1-2-8(13-6-7)9-11-3-4-12-9/h1-2,6H,3-5,10H2,(H,11,12). The van der Waals surface area contributed by atoms with Crippen LogP contribution in [0.3, 0.4) is 0 Å². The van der Waals surface area contributed by atoms with Gasteiger partial charge >= 0.3 is 0 Å². The minimum atomic E-state index is 0.535. The van der Waals surface area contributed by atoms with Crippen molar-refractivity contribution in [1.29, 1.82) is 0 Å². The summed E-state index contributed by atoms with van der Waals surface area (Å²) in [5, 5.41) is 3.17. The zero-order valence-electron chi connectivity index (χ0n) is 7.33. The summed E-state index contributed by atoms with van der Waals surface area (Å²) in [5.41, 5.74) is 7.41. The van der Waals surface area contributed by atoms with Gasteiger partial charge in [0.05, 0.1) is 6.54 Å². The van der Waals surface area contributed by atoms with E-state index in [1.54, 1.807) is 6.20 Å². The fourth-order valence-corrected chi connectivity index (χ4v) is 1.25. The van der Waals surface area contributed by atoms with Crippen molar-refractivity contribution in [2.45, 2.75) is 6.54 Å². The van der Waals surface area contributed by atoms with Gasteiger partial charge in [-0.15, -0.1) is 0 Å². The van der Waals surface area contributed by atoms with Gasteiger partial charge in [0.1, 0.15) is 11.5 Å². The first-order valence-corrected chi connectivity index (χ1v) is 4.34. The highest BCUT2D eigenvalue weighted by Gasteiger charge is 2.08. The van der Waals surface area contributed by atoms with Crippen LogP contribution in [-0.4, -0.2) is 23.9 Å². The van der Waals surface area contributed by atoms with Crippen LogP contribution in [0, 0.1) is 0 Å². The highest BCUT2D eigenvalue weighted by Crippen LogP contribution is 2.01. The van der Waals surface area contributed by atoms with Crippen LogP contribution in [0.5, 0.6) is 0 Å². The molecule has 3 N–H and O–H groups in total. The lowest BCUT2D eigenvalue weighted by atomic mass is 10.2. The summed E-state index contributed by atoms with van der Waals surface area (Å²) >= 11 is 0. The molecule has 4 heteroatoms. The monoisotopic (exact) mass is 176 g/mol. The molecule has 0 spiro atoms. The Balaban J connectivity index is 2.22. The molecule has 0 bridgehead atoms. The molecule has 0 unspecified atom stereocenters. The number of nitrogens with two attached hydrogens (primary N) is 1. The van der Waals surface area contributed by atoms with Crippen molar-refractivity contribution in [3.63, 3.8) is 0 Å². The molecule has 2 heterocycles. The Kier molecular flexibility index (Phi) is 2.23. The number of nitrogens with zero attached hydrogens (tertiary/aromatic N) is 2. The summed E-state index contributed by atoms with van der Waals surface area (Å²) in [7, 11) is 0. The normalized spacial score (nSPS) is 15.3. The second-order valence-electron chi connectivity index (χ2n) is 2.91. The Hall–Kier alpha value is -1.42. The number of amidine groups is 1. The van der Waals surface area contributed by atoms with E-state index in [0.29, 0.717) is 6.54 Å². The van der Waals surface area contributed by atoms with E-state index < -0.39 is 0 Å². The summed E-state index contributed by atoms with van der Waals surface area (Å²) in [6.45, 7) is 2.29. The molecular weight excluding hydrogens is 164 g/mol. The molecule has 0 aromatic carbocycles. The first kappa shape index (κ1) is 8.19. The number of rotatable bonds is 2. The maximum Gasteiger partial charge on any atom is 0.147 e. The average molecular weight is 176 g/mol. The number of nitrogens with one attached hydrogen (secondary N) is 1. The smallest absolute Gasteiger partial charge is 0.147 e. The first-order valence-electron chi connectivity index (χ1n) is 4.34. The molecule has 0 saturated heterocycles. The van der Waals surface area contributed by atoms with Gasteiger partial charge in [-0.25, -0.2) is 0 Å². The highest BCUT2D eigenvalue weighted by molar-refractivity contribution is 5.97. The molecule has 0 atom stereocenters. The summed E-state index contributed by atoms with van der Waals surface area (Å²) in [6, 6.07) is 3.92. The number of hydrogen-bond donors (Lipinski definition) is 2. The Morgan fingerprint density at radius 1 is 1.46 bits per heavy atom. The fraction of sp³-hybridized carbons (Fsp3) is 0.333. The van der Waals surface area contributed by atoms with Gasteiger partial charge in [0.2, 0.25) is 0 Å². The van der Waals surface area contributed by atoms with Crippen molar-refractivity contribution in [3.05, 3.63) is 29.6 Å². The molecule has 1 aliphatic heterocycles. The lowest BCUT2D eigenvalue weighted by molar-refractivity contribution is 0.957. The number of pyridine rings is 1. The van der Waals surface area contributed by atoms with E-state index in [-0.39, 0.29) is 0 Å². The molecule has 4 nitrogen and oxygen atoms in total. The quantitative estimate of drug-likeness (QED) is 0.661. The molecule has 1 aromatic rings. The van der Waals surface area contributed by atoms with E-state index in [9.17, 15) is 0 Å². The van der Waals surface area contributed by atoms with Crippen LogP contribution in [-0.2, 0) is 6.54 Å². The van der Waals surface area contributed by atoms with Crippen molar-refractivity contribution >= 4 is 5.84 Å². The maximum atomic E-state index is 5.47. The Labute approximate surface area is 76.9 Å². The molecule has 13 heavy (non-hydrogen) atoms. The second-order valence-corrected chi connectivity index (χ2v) is 2.91. The second kappa shape index (κ2) is 3.53. The number of hydrogen-bond acceptors (Lipinski definition) is 4. The molecule has 2 rings (SSSR count). The van der Waals surface area contributed by atoms with Crippen LogP contribution in [0.2, 0.25) is 0 Å². The first-order chi connectivity index (χ1) is 6.40. The van der Waals surface area contributed by atoms with Crippen molar-refractivity contribution in [2.24, 2.45) is 10.7 Å². The molecule has 68 valence electrons. The van der Waals surface area contributed by atoms with Crippen LogP contribution in [0.1, 0.15) is 11.3 Å². The van der Waals surface area contributed by atoms with E-state index in [1.165, 1.54) is 0 Å². The van der Waals surface area contributed by atoms with Gasteiger partial charge < -0.3 is 11.1 Å². The third kappa shape index (κ3) is 1.67. The van der Waals surface area contributed by atoms with Crippen LogP contribution < -0.4 is 11.1 Å². The molecule has 0 radical (unpaired) electrons.